The number of aliphatic hydroxyl groups is 1. The molecule has 2 aromatic heterocycles. The zero-order valence-electron chi connectivity index (χ0n) is 39.6. The molecule has 9 rings (SSSR count). The van der Waals surface area contributed by atoms with E-state index in [0.29, 0.717) is 56.2 Å². The number of aliphatic hydroxyl groups excluding tert-OH is 1. The number of amides is 2. The van der Waals surface area contributed by atoms with Gasteiger partial charge in [0.25, 0.3) is 11.8 Å². The Kier molecular flexibility index (Phi) is 15.5. The summed E-state index contributed by atoms with van der Waals surface area (Å²) in [6, 6.07) is 40.9. The van der Waals surface area contributed by atoms with Gasteiger partial charge in [-0.1, -0.05) is 158 Å². The topological polar surface area (TPSA) is 123 Å². The standard InChI is InChI=1S/C55H57Cl2N3O9Si/c1-64-51-45(33-66-30-36-16-8-5-9-17-36)69-55(50(61)52(51)68-32-38-20-12-7-13-21-38)59-29-42(40-23-15-25-44(57)49(40)59)47-46(53(62)60(54(47)63)35-67-31-37-18-10-6-11-19-37)41-28-58(34-65-26-27-70(2,3)4)48-39(41)22-14-24-43(48)56/h5-25,28-29,45,50-52,55,61H,26-27,30-35H2,1-4H3/t45-,50-,51-,52-,55-/m1/s1. The normalized spacial score (nSPS) is 19.9. The molecule has 2 aliphatic rings. The van der Waals surface area contributed by atoms with Crippen LogP contribution in [0.4, 0.5) is 0 Å². The monoisotopic (exact) mass is 1000 g/mol. The van der Waals surface area contributed by atoms with Crippen LogP contribution in [0.1, 0.15) is 34.0 Å². The molecule has 5 atom stereocenters. The Bertz CT molecular complexity index is 2980. The molecule has 0 bridgehead atoms. The summed E-state index contributed by atoms with van der Waals surface area (Å²) in [5.74, 6) is -1.11. The van der Waals surface area contributed by atoms with Crippen molar-refractivity contribution >= 4 is 76.0 Å². The van der Waals surface area contributed by atoms with Crippen molar-refractivity contribution in [3.63, 3.8) is 0 Å². The van der Waals surface area contributed by atoms with Crippen LogP contribution in [-0.2, 0) is 64.6 Å². The minimum absolute atomic E-state index is 0.0936. The van der Waals surface area contributed by atoms with Crippen molar-refractivity contribution < 1.29 is 43.1 Å². The first kappa shape index (κ1) is 49.6. The summed E-state index contributed by atoms with van der Waals surface area (Å²) in [7, 11) is 0.160. The summed E-state index contributed by atoms with van der Waals surface area (Å²) in [4.78, 5) is 31.5. The lowest BCUT2D eigenvalue weighted by Crippen LogP contribution is -2.58. The van der Waals surface area contributed by atoms with Crippen molar-refractivity contribution in [2.75, 3.05) is 27.1 Å². The summed E-state index contributed by atoms with van der Waals surface area (Å²) in [6.45, 7) is 8.07. The van der Waals surface area contributed by atoms with E-state index in [-0.39, 0.29) is 44.4 Å². The van der Waals surface area contributed by atoms with Crippen LogP contribution in [-0.4, -0.2) is 90.5 Å². The third-order valence-electron chi connectivity index (χ3n) is 12.8. The van der Waals surface area contributed by atoms with E-state index >= 15 is 9.59 Å². The number of para-hydroxylation sites is 2. The van der Waals surface area contributed by atoms with Crippen molar-refractivity contribution in [2.45, 2.75) is 82.9 Å². The first-order valence-electron chi connectivity index (χ1n) is 23.4. The van der Waals surface area contributed by atoms with E-state index in [4.69, 9.17) is 51.6 Å². The molecule has 0 saturated carbocycles. The summed E-state index contributed by atoms with van der Waals surface area (Å²) in [5.41, 5.74) is 5.07. The average Bonchev–Trinajstić information content (AvgIpc) is 4.00. The van der Waals surface area contributed by atoms with Crippen LogP contribution in [0.2, 0.25) is 35.7 Å². The van der Waals surface area contributed by atoms with E-state index in [9.17, 15) is 5.11 Å². The Hall–Kier alpha value is -5.42. The van der Waals surface area contributed by atoms with Gasteiger partial charge in [0.1, 0.15) is 37.9 Å². The second-order valence-electron chi connectivity index (χ2n) is 18.9. The number of ether oxygens (including phenoxy) is 6. The lowest BCUT2D eigenvalue weighted by atomic mass is 9.95. The third-order valence-corrected chi connectivity index (χ3v) is 15.1. The molecule has 1 saturated heterocycles. The number of hydrogen-bond donors (Lipinski definition) is 1. The fraction of sp³-hybridized carbons (Fsp3) is 0.309. The van der Waals surface area contributed by atoms with Gasteiger partial charge in [0.15, 0.2) is 6.23 Å². The Morgan fingerprint density at radius 1 is 0.629 bits per heavy atom. The number of rotatable bonds is 20. The molecule has 0 radical (unpaired) electrons. The van der Waals surface area contributed by atoms with Crippen molar-refractivity contribution in [3.05, 3.63) is 178 Å². The van der Waals surface area contributed by atoms with Gasteiger partial charge in [-0.2, -0.15) is 0 Å². The summed E-state index contributed by atoms with van der Waals surface area (Å²) >= 11 is 14.1. The maximum Gasteiger partial charge on any atom is 0.264 e. The van der Waals surface area contributed by atoms with Crippen LogP contribution in [0.5, 0.6) is 0 Å². The van der Waals surface area contributed by atoms with E-state index in [1.54, 1.807) is 36.1 Å². The van der Waals surface area contributed by atoms with Crippen molar-refractivity contribution in [1.82, 2.24) is 14.0 Å². The fourth-order valence-corrected chi connectivity index (χ4v) is 10.5. The van der Waals surface area contributed by atoms with Gasteiger partial charge < -0.3 is 42.7 Å². The predicted octanol–water partition coefficient (Wildman–Crippen LogP) is 10.7. The summed E-state index contributed by atoms with van der Waals surface area (Å²) in [5, 5.41) is 14.5. The number of hydrogen-bond acceptors (Lipinski definition) is 9. The van der Waals surface area contributed by atoms with Gasteiger partial charge in [-0.25, -0.2) is 4.90 Å². The minimum atomic E-state index is -1.40. The van der Waals surface area contributed by atoms with Crippen molar-refractivity contribution in [3.8, 4) is 0 Å². The van der Waals surface area contributed by atoms with Gasteiger partial charge in [0.05, 0.1) is 58.7 Å². The highest BCUT2D eigenvalue weighted by Crippen LogP contribution is 2.45. The van der Waals surface area contributed by atoms with Gasteiger partial charge in [0, 0.05) is 56.1 Å². The predicted molar refractivity (Wildman–Crippen MR) is 275 cm³/mol. The quantitative estimate of drug-likeness (QED) is 0.0452. The number of nitrogens with zero attached hydrogens (tertiary/aromatic N) is 3. The number of fused-ring (bicyclic) bond motifs is 2. The van der Waals surface area contributed by atoms with Crippen LogP contribution >= 0.6 is 23.2 Å². The Morgan fingerprint density at radius 2 is 1.17 bits per heavy atom. The second kappa shape index (κ2) is 21.9. The van der Waals surface area contributed by atoms with Crippen LogP contribution in [0, 0.1) is 0 Å². The van der Waals surface area contributed by atoms with Crippen LogP contribution in [0.3, 0.4) is 0 Å². The second-order valence-corrected chi connectivity index (χ2v) is 25.3. The number of imide groups is 1. The molecular formula is C55H57Cl2N3O9Si. The molecule has 1 fully saturated rings. The Balaban J connectivity index is 1.16. The Morgan fingerprint density at radius 3 is 1.76 bits per heavy atom. The highest BCUT2D eigenvalue weighted by atomic mass is 35.5. The highest BCUT2D eigenvalue weighted by molar-refractivity contribution is 6.76. The Labute approximate surface area is 418 Å². The molecule has 364 valence electrons. The number of halogens is 2. The first-order chi connectivity index (χ1) is 33.9. The lowest BCUT2D eigenvalue weighted by molar-refractivity contribution is -0.271. The molecule has 7 aromatic rings. The first-order valence-corrected chi connectivity index (χ1v) is 27.9. The zero-order chi connectivity index (χ0) is 48.9. The van der Waals surface area contributed by atoms with Crippen LogP contribution < -0.4 is 0 Å². The number of carbonyl (C=O) groups is 2. The number of methoxy groups -OCH3 is 1. The van der Waals surface area contributed by atoms with Crippen LogP contribution in [0.25, 0.3) is 33.0 Å². The molecule has 5 aromatic carbocycles. The van der Waals surface area contributed by atoms with E-state index in [1.807, 2.05) is 120 Å². The van der Waals surface area contributed by atoms with Crippen molar-refractivity contribution in [1.29, 1.82) is 0 Å². The van der Waals surface area contributed by atoms with E-state index in [0.717, 1.165) is 27.6 Å². The summed E-state index contributed by atoms with van der Waals surface area (Å²) < 4.78 is 41.7. The number of aromatic nitrogens is 2. The van der Waals surface area contributed by atoms with Gasteiger partial charge >= 0.3 is 0 Å². The third kappa shape index (κ3) is 10.6. The maximum atomic E-state index is 15.2. The lowest BCUT2D eigenvalue weighted by Gasteiger charge is -2.44. The molecule has 4 heterocycles. The molecule has 2 amide bonds. The maximum absolute atomic E-state index is 15.2. The summed E-state index contributed by atoms with van der Waals surface area (Å²) in [6.07, 6.45) is -1.30. The molecular weight excluding hydrogens is 946 g/mol. The highest BCUT2D eigenvalue weighted by Gasteiger charge is 2.49. The van der Waals surface area contributed by atoms with Gasteiger partial charge in [-0.15, -0.1) is 0 Å². The number of carbonyl (C=O) groups excluding carboxylic acids is 2. The van der Waals surface area contributed by atoms with Gasteiger partial charge in [0.2, 0.25) is 0 Å². The molecule has 2 aliphatic heterocycles. The smallest absolute Gasteiger partial charge is 0.264 e. The fourth-order valence-electron chi connectivity index (χ4n) is 9.23. The van der Waals surface area contributed by atoms with Gasteiger partial charge in [-0.3, -0.25) is 9.59 Å². The van der Waals surface area contributed by atoms with E-state index < -0.39 is 50.5 Å². The molecule has 15 heteroatoms. The number of benzene rings is 5. The van der Waals surface area contributed by atoms with Gasteiger partial charge in [-0.05, 0) is 34.9 Å². The zero-order valence-corrected chi connectivity index (χ0v) is 42.1. The molecule has 12 nitrogen and oxygen atoms in total. The van der Waals surface area contributed by atoms with E-state index in [2.05, 4.69) is 19.6 Å². The largest absolute Gasteiger partial charge is 0.386 e. The van der Waals surface area contributed by atoms with E-state index in [1.165, 1.54) is 0 Å². The average molecular weight is 1000 g/mol. The molecule has 70 heavy (non-hydrogen) atoms. The molecule has 0 aliphatic carbocycles. The molecule has 0 unspecified atom stereocenters. The molecule has 1 N–H and O–H groups in total. The molecule has 0 spiro atoms. The SMILES string of the molecule is CO[C@H]1[C@H](OCc2ccccc2)[C@@H](O)[C@H](n2cc(C3=C(c4cn(COCC[Si](C)(C)C)c5c(Cl)cccc45)C(=O)N(COCc4ccccc4)C3=O)c3cccc(Cl)c32)O[C@@H]1COCc1ccccc1. The van der Waals surface area contributed by atoms with Crippen molar-refractivity contribution in [2.24, 2.45) is 0 Å². The minimum Gasteiger partial charge on any atom is -0.386 e. The van der Waals surface area contributed by atoms with Crippen LogP contribution in [0.15, 0.2) is 140 Å².